The van der Waals surface area contributed by atoms with E-state index in [9.17, 15) is 19.5 Å². The molecule has 1 spiro atoms. The zero-order valence-electron chi connectivity index (χ0n) is 21.7. The molecule has 7 atom stereocenters. The number of amides is 2. The Morgan fingerprint density at radius 3 is 2.82 bits per heavy atom. The summed E-state index contributed by atoms with van der Waals surface area (Å²) < 4.78 is 13.5. The second-order valence-electron chi connectivity index (χ2n) is 10.1. The first kappa shape index (κ1) is 27.5. The Bertz CT molecular complexity index is 1300. The number of alkyl halides is 1. The van der Waals surface area contributed by atoms with Crippen LogP contribution in [0.2, 0.25) is 0 Å². The molecule has 2 aromatic rings. The van der Waals surface area contributed by atoms with Crippen LogP contribution < -0.4 is 0 Å². The van der Waals surface area contributed by atoms with Crippen molar-refractivity contribution in [1.29, 1.82) is 0 Å². The predicted molar refractivity (Wildman–Crippen MR) is 144 cm³/mol. The smallest absolute Gasteiger partial charge is 0.312 e. The van der Waals surface area contributed by atoms with E-state index in [2.05, 4.69) is 39.4 Å². The minimum absolute atomic E-state index is 0.00217. The predicted octanol–water partition coefficient (Wildman–Crippen LogP) is 1.65. The molecular formula is C27H32BrN5O6. The zero-order chi connectivity index (χ0) is 27.9. The number of rotatable bonds is 11. The number of carbonyl (C=O) groups is 3. The van der Waals surface area contributed by atoms with Gasteiger partial charge in [0.1, 0.15) is 30.4 Å². The average Bonchev–Trinajstić information content (AvgIpc) is 3.65. The van der Waals surface area contributed by atoms with Crippen molar-refractivity contribution < 1.29 is 29.0 Å². The summed E-state index contributed by atoms with van der Waals surface area (Å²) in [5.74, 6) is -3.13. The molecule has 3 unspecified atom stereocenters. The first-order chi connectivity index (χ1) is 18.8. The van der Waals surface area contributed by atoms with Gasteiger partial charge in [0, 0.05) is 11.4 Å². The van der Waals surface area contributed by atoms with Crippen molar-refractivity contribution in [1.82, 2.24) is 24.8 Å². The minimum Gasteiger partial charge on any atom is -0.461 e. The molecular weight excluding hydrogens is 570 g/mol. The molecule has 11 nitrogen and oxygen atoms in total. The lowest BCUT2D eigenvalue weighted by Gasteiger charge is -2.39. The van der Waals surface area contributed by atoms with E-state index in [-0.39, 0.29) is 43.1 Å². The summed E-state index contributed by atoms with van der Waals surface area (Å²) in [6.45, 7) is 9.16. The number of para-hydroxylation sites is 1. The monoisotopic (exact) mass is 601 g/mol. The molecule has 3 aliphatic rings. The van der Waals surface area contributed by atoms with Crippen LogP contribution in [0.5, 0.6) is 0 Å². The molecule has 5 rings (SSSR count). The van der Waals surface area contributed by atoms with Crippen LogP contribution >= 0.6 is 15.9 Å². The molecule has 3 fully saturated rings. The largest absolute Gasteiger partial charge is 0.461 e. The van der Waals surface area contributed by atoms with Gasteiger partial charge in [-0.2, -0.15) is 0 Å². The Kier molecular flexibility index (Phi) is 7.62. The molecule has 1 aromatic carbocycles. The number of hydrogen-bond donors (Lipinski definition) is 1. The molecule has 208 valence electrons. The number of halogens is 1. The van der Waals surface area contributed by atoms with Crippen LogP contribution in [0.3, 0.4) is 0 Å². The molecule has 0 saturated carbocycles. The third-order valence-electron chi connectivity index (χ3n) is 8.04. The first-order valence-corrected chi connectivity index (χ1v) is 13.9. The molecule has 2 bridgehead atoms. The second-order valence-corrected chi connectivity index (χ2v) is 11.3. The van der Waals surface area contributed by atoms with E-state index in [0.717, 1.165) is 5.52 Å². The highest BCUT2D eigenvalue weighted by molar-refractivity contribution is 9.09. The van der Waals surface area contributed by atoms with Crippen molar-refractivity contribution >= 4 is 44.7 Å². The third kappa shape index (κ3) is 4.29. The number of hydrogen-bond acceptors (Lipinski definition) is 8. The van der Waals surface area contributed by atoms with Crippen LogP contribution in [-0.2, 0) is 30.5 Å². The lowest BCUT2D eigenvalue weighted by molar-refractivity contribution is -0.156. The topological polar surface area (TPSA) is 127 Å². The number of fused-ring (bicyclic) bond motifs is 2. The van der Waals surface area contributed by atoms with Gasteiger partial charge in [0.05, 0.1) is 36.1 Å². The van der Waals surface area contributed by atoms with Gasteiger partial charge in [-0.05, 0) is 25.0 Å². The van der Waals surface area contributed by atoms with Crippen molar-refractivity contribution in [2.24, 2.45) is 11.8 Å². The number of esters is 1. The molecule has 12 heteroatoms. The van der Waals surface area contributed by atoms with Crippen molar-refractivity contribution in [3.63, 3.8) is 0 Å². The van der Waals surface area contributed by atoms with Crippen LogP contribution in [0.15, 0.2) is 49.6 Å². The van der Waals surface area contributed by atoms with Crippen LogP contribution in [-0.4, -0.2) is 96.1 Å². The Morgan fingerprint density at radius 1 is 1.36 bits per heavy atom. The van der Waals surface area contributed by atoms with Gasteiger partial charge < -0.3 is 24.4 Å². The summed E-state index contributed by atoms with van der Waals surface area (Å²) in [5.41, 5.74) is 0.171. The molecule has 1 N–H and O–H groups in total. The molecule has 2 amide bonds. The fraction of sp³-hybridized carbons (Fsp3) is 0.519. The number of aliphatic hydroxyl groups excluding tert-OH is 1. The molecule has 3 aliphatic heterocycles. The minimum atomic E-state index is -1.27. The lowest BCUT2D eigenvalue weighted by atomic mass is 9.70. The normalized spacial score (nSPS) is 29.9. The Labute approximate surface area is 234 Å². The number of carbonyl (C=O) groups excluding carboxylic acids is 3. The quantitative estimate of drug-likeness (QED) is 0.234. The Morgan fingerprint density at radius 2 is 2.13 bits per heavy atom. The fourth-order valence-electron chi connectivity index (χ4n) is 6.39. The van der Waals surface area contributed by atoms with Crippen molar-refractivity contribution in [3.05, 3.63) is 49.6 Å². The fourth-order valence-corrected chi connectivity index (χ4v) is 7.33. The highest BCUT2D eigenvalue weighted by atomic mass is 79.9. The molecule has 39 heavy (non-hydrogen) atoms. The van der Waals surface area contributed by atoms with E-state index < -0.39 is 41.6 Å². The Hall–Kier alpha value is -3.09. The third-order valence-corrected chi connectivity index (χ3v) is 8.88. The van der Waals surface area contributed by atoms with Gasteiger partial charge in [-0.1, -0.05) is 58.9 Å². The zero-order valence-corrected chi connectivity index (χ0v) is 23.3. The summed E-state index contributed by atoms with van der Waals surface area (Å²) in [5, 5.41) is 18.6. The standard InChI is InChI=1S/C27H32BrN5O6/c1-4-11-31(15-32-19-10-8-7-9-18(19)29-30-32)25(36)23-27-13-17(28)22(39-27)20(26(37)38-12-5-2)21(27)24(35)33(23)16(6-3)14-34/h4-5,7-10,16-17,20-23,34H,1-2,6,11-15H2,3H3/t16-,17?,20-,21-,22-,23?,27?/m0/s1. The number of aromatic nitrogens is 3. The van der Waals surface area contributed by atoms with Crippen LogP contribution in [0.4, 0.5) is 0 Å². The van der Waals surface area contributed by atoms with E-state index in [1.165, 1.54) is 11.0 Å². The maximum Gasteiger partial charge on any atom is 0.312 e. The molecule has 4 heterocycles. The summed E-state index contributed by atoms with van der Waals surface area (Å²) >= 11 is 3.64. The van der Waals surface area contributed by atoms with E-state index in [4.69, 9.17) is 9.47 Å². The maximum absolute atomic E-state index is 14.5. The number of benzene rings is 1. The SMILES string of the molecule is C=CCOC(=O)[C@H]1[C@H]2C(=O)N([C@@H](CC)CO)C(C(=O)N(CC=C)Cn3nnc4ccccc43)C23CC(Br)[C@@H]1O3. The van der Waals surface area contributed by atoms with Gasteiger partial charge >= 0.3 is 5.97 Å². The number of aliphatic hydroxyl groups is 1. The van der Waals surface area contributed by atoms with Crippen molar-refractivity contribution in [2.75, 3.05) is 19.8 Å². The molecule has 0 aliphatic carbocycles. The average molecular weight is 602 g/mol. The second kappa shape index (κ2) is 10.8. The van der Waals surface area contributed by atoms with E-state index in [1.807, 2.05) is 31.2 Å². The highest BCUT2D eigenvalue weighted by Gasteiger charge is 2.77. The van der Waals surface area contributed by atoms with Crippen LogP contribution in [0.25, 0.3) is 11.0 Å². The van der Waals surface area contributed by atoms with Crippen LogP contribution in [0, 0.1) is 11.8 Å². The molecule has 1 aromatic heterocycles. The maximum atomic E-state index is 14.5. The molecule has 0 radical (unpaired) electrons. The molecule has 3 saturated heterocycles. The highest BCUT2D eigenvalue weighted by Crippen LogP contribution is 2.60. The van der Waals surface area contributed by atoms with Gasteiger partial charge in [0.15, 0.2) is 0 Å². The van der Waals surface area contributed by atoms with Gasteiger partial charge in [-0.15, -0.1) is 11.7 Å². The van der Waals surface area contributed by atoms with Crippen molar-refractivity contribution in [3.8, 4) is 0 Å². The van der Waals surface area contributed by atoms with E-state index in [0.29, 0.717) is 18.4 Å². The van der Waals surface area contributed by atoms with Gasteiger partial charge in [0.25, 0.3) is 0 Å². The summed E-state index contributed by atoms with van der Waals surface area (Å²) in [4.78, 5) is 44.5. The summed E-state index contributed by atoms with van der Waals surface area (Å²) in [6, 6.07) is 5.72. The van der Waals surface area contributed by atoms with E-state index in [1.54, 1.807) is 15.7 Å². The number of ether oxygens (including phenoxy) is 2. The number of nitrogens with zero attached hydrogens (tertiary/aromatic N) is 5. The first-order valence-electron chi connectivity index (χ1n) is 13.0. The van der Waals surface area contributed by atoms with Gasteiger partial charge in [0.2, 0.25) is 11.8 Å². The van der Waals surface area contributed by atoms with Crippen LogP contribution in [0.1, 0.15) is 19.8 Å². The Balaban J connectivity index is 1.56. The number of likely N-dealkylation sites (tertiary alicyclic amines) is 1. The van der Waals surface area contributed by atoms with E-state index >= 15 is 0 Å². The van der Waals surface area contributed by atoms with Gasteiger partial charge in [-0.25, -0.2) is 4.68 Å². The lowest BCUT2D eigenvalue weighted by Crippen LogP contribution is -2.59. The van der Waals surface area contributed by atoms with Gasteiger partial charge in [-0.3, -0.25) is 14.4 Å². The van der Waals surface area contributed by atoms with Crippen molar-refractivity contribution in [2.45, 2.75) is 55.0 Å². The summed E-state index contributed by atoms with van der Waals surface area (Å²) in [6.07, 6.45) is 3.20. The summed E-state index contributed by atoms with van der Waals surface area (Å²) in [7, 11) is 0.